The normalized spacial score (nSPS) is 14.8. The van der Waals surface area contributed by atoms with Crippen molar-refractivity contribution in [3.8, 4) is 0 Å². The smallest absolute Gasteiger partial charge is 0.239 e. The molecule has 0 saturated carbocycles. The summed E-state index contributed by atoms with van der Waals surface area (Å²) < 4.78 is 0. The van der Waals surface area contributed by atoms with Crippen LogP contribution in [0.2, 0.25) is 10.0 Å². The summed E-state index contributed by atoms with van der Waals surface area (Å²) in [5.74, 6) is -0.138. The zero-order chi connectivity index (χ0) is 13.8. The van der Waals surface area contributed by atoms with Crippen LogP contribution in [0.15, 0.2) is 18.2 Å². The van der Waals surface area contributed by atoms with Crippen molar-refractivity contribution in [1.82, 2.24) is 10.2 Å². The van der Waals surface area contributed by atoms with Gasteiger partial charge in [-0.25, -0.2) is 0 Å². The summed E-state index contributed by atoms with van der Waals surface area (Å²) in [7, 11) is 0. The van der Waals surface area contributed by atoms with E-state index in [1.165, 1.54) is 0 Å². The number of amides is 2. The lowest BCUT2D eigenvalue weighted by Crippen LogP contribution is -2.37. The zero-order valence-corrected chi connectivity index (χ0v) is 11.8. The standard InChI is InChI=1S/C13H14Cl2N2O2/c14-10-4-3-9(11(15)6-10)7-16-12(18)8-17-5-1-2-13(17)19/h3-4,6H,1-2,5,7-8H2,(H,16,18). The Bertz CT molecular complexity index is 505. The Balaban J connectivity index is 1.84. The number of benzene rings is 1. The number of carbonyl (C=O) groups is 2. The van der Waals surface area contributed by atoms with Crippen LogP contribution in [0, 0.1) is 0 Å². The predicted octanol–water partition coefficient (Wildman–Crippen LogP) is 2.23. The minimum absolute atomic E-state index is 0.0414. The molecule has 19 heavy (non-hydrogen) atoms. The molecule has 0 spiro atoms. The van der Waals surface area contributed by atoms with E-state index in [2.05, 4.69) is 5.32 Å². The van der Waals surface area contributed by atoms with Crippen LogP contribution in [0.5, 0.6) is 0 Å². The highest BCUT2D eigenvalue weighted by molar-refractivity contribution is 6.35. The Labute approximate surface area is 121 Å². The van der Waals surface area contributed by atoms with Gasteiger partial charge in [0.1, 0.15) is 0 Å². The molecule has 0 bridgehead atoms. The first-order valence-electron chi connectivity index (χ1n) is 6.04. The van der Waals surface area contributed by atoms with E-state index < -0.39 is 0 Å². The molecule has 2 amide bonds. The van der Waals surface area contributed by atoms with E-state index in [9.17, 15) is 9.59 Å². The van der Waals surface area contributed by atoms with Crippen LogP contribution < -0.4 is 5.32 Å². The molecule has 6 heteroatoms. The van der Waals surface area contributed by atoms with Gasteiger partial charge in [0.15, 0.2) is 0 Å². The number of likely N-dealkylation sites (tertiary alicyclic amines) is 1. The van der Waals surface area contributed by atoms with Crippen molar-refractivity contribution in [2.24, 2.45) is 0 Å². The van der Waals surface area contributed by atoms with Gasteiger partial charge in [-0.05, 0) is 24.1 Å². The molecule has 1 aromatic carbocycles. The highest BCUT2D eigenvalue weighted by atomic mass is 35.5. The quantitative estimate of drug-likeness (QED) is 0.927. The zero-order valence-electron chi connectivity index (χ0n) is 10.3. The van der Waals surface area contributed by atoms with E-state index in [1.807, 2.05) is 0 Å². The molecule has 1 saturated heterocycles. The average Bonchev–Trinajstić information content (AvgIpc) is 2.74. The van der Waals surface area contributed by atoms with E-state index in [1.54, 1.807) is 23.1 Å². The van der Waals surface area contributed by atoms with Gasteiger partial charge in [0.05, 0.1) is 6.54 Å². The van der Waals surface area contributed by atoms with Crippen molar-refractivity contribution in [2.45, 2.75) is 19.4 Å². The summed E-state index contributed by atoms with van der Waals surface area (Å²) in [6.45, 7) is 1.11. The fraction of sp³-hybridized carbons (Fsp3) is 0.385. The summed E-state index contributed by atoms with van der Waals surface area (Å²) in [4.78, 5) is 24.7. The van der Waals surface area contributed by atoms with Crippen LogP contribution in [-0.4, -0.2) is 29.8 Å². The number of nitrogens with zero attached hydrogens (tertiary/aromatic N) is 1. The largest absolute Gasteiger partial charge is 0.350 e. The van der Waals surface area contributed by atoms with E-state index in [-0.39, 0.29) is 18.4 Å². The maximum atomic E-state index is 11.7. The third-order valence-electron chi connectivity index (χ3n) is 3.00. The van der Waals surface area contributed by atoms with Gasteiger partial charge in [0.2, 0.25) is 11.8 Å². The number of hydrogen-bond acceptors (Lipinski definition) is 2. The molecule has 1 N–H and O–H groups in total. The van der Waals surface area contributed by atoms with E-state index >= 15 is 0 Å². The third kappa shape index (κ3) is 3.85. The second-order valence-electron chi connectivity index (χ2n) is 4.43. The molecule has 1 fully saturated rings. The molecule has 102 valence electrons. The topological polar surface area (TPSA) is 49.4 Å². The predicted molar refractivity (Wildman–Crippen MR) is 74.1 cm³/mol. The molecule has 0 aliphatic carbocycles. The summed E-state index contributed by atoms with van der Waals surface area (Å²) in [6.07, 6.45) is 1.37. The van der Waals surface area contributed by atoms with E-state index in [0.717, 1.165) is 12.0 Å². The Hall–Kier alpha value is -1.26. The summed E-state index contributed by atoms with van der Waals surface area (Å²) in [5, 5.41) is 3.82. The SMILES string of the molecule is O=C(CN1CCCC1=O)NCc1ccc(Cl)cc1Cl. The second-order valence-corrected chi connectivity index (χ2v) is 5.27. The molecular weight excluding hydrogens is 287 g/mol. The second kappa shape index (κ2) is 6.26. The van der Waals surface area contributed by atoms with E-state index in [4.69, 9.17) is 23.2 Å². The molecule has 1 heterocycles. The van der Waals surface area contributed by atoms with Crippen molar-refractivity contribution < 1.29 is 9.59 Å². The fourth-order valence-electron chi connectivity index (χ4n) is 1.96. The van der Waals surface area contributed by atoms with Gasteiger partial charge < -0.3 is 10.2 Å². The lowest BCUT2D eigenvalue weighted by molar-refractivity contribution is -0.133. The van der Waals surface area contributed by atoms with Gasteiger partial charge in [-0.15, -0.1) is 0 Å². The van der Waals surface area contributed by atoms with Crippen LogP contribution in [0.3, 0.4) is 0 Å². The van der Waals surface area contributed by atoms with Crippen LogP contribution >= 0.6 is 23.2 Å². The van der Waals surface area contributed by atoms with Crippen LogP contribution in [0.1, 0.15) is 18.4 Å². The van der Waals surface area contributed by atoms with Crippen molar-refractivity contribution in [1.29, 1.82) is 0 Å². The van der Waals surface area contributed by atoms with Crippen molar-refractivity contribution in [2.75, 3.05) is 13.1 Å². The molecule has 0 radical (unpaired) electrons. The maximum Gasteiger partial charge on any atom is 0.239 e. The van der Waals surface area contributed by atoms with E-state index in [0.29, 0.717) is 29.6 Å². The third-order valence-corrected chi connectivity index (χ3v) is 3.58. The molecule has 0 unspecified atom stereocenters. The summed E-state index contributed by atoms with van der Waals surface area (Å²) in [6, 6.07) is 5.12. The number of carbonyl (C=O) groups excluding carboxylic acids is 2. The van der Waals surface area contributed by atoms with Gasteiger partial charge in [-0.1, -0.05) is 29.3 Å². The van der Waals surface area contributed by atoms with Gasteiger partial charge >= 0.3 is 0 Å². The Morgan fingerprint density at radius 2 is 2.16 bits per heavy atom. The minimum Gasteiger partial charge on any atom is -0.350 e. The highest BCUT2D eigenvalue weighted by Crippen LogP contribution is 2.20. The Morgan fingerprint density at radius 3 is 2.79 bits per heavy atom. The van der Waals surface area contributed by atoms with Crippen molar-refractivity contribution in [3.05, 3.63) is 33.8 Å². The molecule has 1 aliphatic rings. The Morgan fingerprint density at radius 1 is 1.37 bits per heavy atom. The van der Waals surface area contributed by atoms with Crippen LogP contribution in [0.4, 0.5) is 0 Å². The first-order chi connectivity index (χ1) is 9.06. The van der Waals surface area contributed by atoms with Gasteiger partial charge in [0, 0.05) is 29.6 Å². The number of rotatable bonds is 4. The maximum absolute atomic E-state index is 11.7. The van der Waals surface area contributed by atoms with Gasteiger partial charge in [-0.3, -0.25) is 9.59 Å². The van der Waals surface area contributed by atoms with Crippen molar-refractivity contribution in [3.63, 3.8) is 0 Å². The van der Waals surface area contributed by atoms with Crippen molar-refractivity contribution >= 4 is 35.0 Å². The molecular formula is C13H14Cl2N2O2. The highest BCUT2D eigenvalue weighted by Gasteiger charge is 2.22. The first-order valence-corrected chi connectivity index (χ1v) is 6.80. The number of halogens is 2. The molecule has 1 aliphatic heterocycles. The molecule has 0 atom stereocenters. The molecule has 1 aromatic rings. The molecule has 2 rings (SSSR count). The number of hydrogen-bond donors (Lipinski definition) is 1. The molecule has 4 nitrogen and oxygen atoms in total. The van der Waals surface area contributed by atoms with Crippen LogP contribution in [0.25, 0.3) is 0 Å². The lowest BCUT2D eigenvalue weighted by atomic mass is 10.2. The summed E-state index contributed by atoms with van der Waals surface area (Å²) >= 11 is 11.8. The fourth-order valence-corrected chi connectivity index (χ4v) is 2.43. The minimum atomic E-state index is -0.179. The van der Waals surface area contributed by atoms with Crippen LogP contribution in [-0.2, 0) is 16.1 Å². The summed E-state index contributed by atoms with van der Waals surface area (Å²) in [5.41, 5.74) is 0.798. The number of nitrogens with one attached hydrogen (secondary N) is 1. The Kier molecular flexibility index (Phi) is 4.66. The average molecular weight is 301 g/mol. The molecule has 0 aromatic heterocycles. The first kappa shape index (κ1) is 14.2. The van der Waals surface area contributed by atoms with Gasteiger partial charge in [0.25, 0.3) is 0 Å². The monoisotopic (exact) mass is 300 g/mol. The lowest BCUT2D eigenvalue weighted by Gasteiger charge is -2.15. The van der Waals surface area contributed by atoms with Gasteiger partial charge in [-0.2, -0.15) is 0 Å².